The van der Waals surface area contributed by atoms with Gasteiger partial charge in [-0.15, -0.1) is 0 Å². The van der Waals surface area contributed by atoms with Gasteiger partial charge in [-0.05, 0) is 12.0 Å². The molecular formula is C14H17N3O2. The van der Waals surface area contributed by atoms with Crippen LogP contribution in [-0.2, 0) is 11.3 Å². The van der Waals surface area contributed by atoms with Crippen molar-refractivity contribution in [2.75, 3.05) is 13.2 Å². The smallest absolute Gasteiger partial charge is 0.408 e. The Morgan fingerprint density at radius 1 is 1.42 bits per heavy atom. The van der Waals surface area contributed by atoms with Gasteiger partial charge >= 0.3 is 6.09 Å². The fraction of sp³-hybridized carbons (Fsp3) is 0.357. The van der Waals surface area contributed by atoms with Crippen molar-refractivity contribution in [1.82, 2.24) is 15.5 Å². The summed E-state index contributed by atoms with van der Waals surface area (Å²) in [5.41, 5.74) is 2.14. The maximum atomic E-state index is 11.8. The number of amides is 1. The lowest BCUT2D eigenvalue weighted by Crippen LogP contribution is -2.35. The van der Waals surface area contributed by atoms with E-state index in [1.807, 2.05) is 36.5 Å². The SMILES string of the molecule is O=C(NC1CCN2CNC=C12)OCc1ccccc1. The molecule has 0 aliphatic carbocycles. The van der Waals surface area contributed by atoms with E-state index in [2.05, 4.69) is 15.5 Å². The fourth-order valence-electron chi connectivity index (χ4n) is 2.46. The zero-order valence-electron chi connectivity index (χ0n) is 10.6. The van der Waals surface area contributed by atoms with E-state index >= 15 is 0 Å². The maximum absolute atomic E-state index is 11.8. The number of nitrogens with one attached hydrogen (secondary N) is 2. The summed E-state index contributed by atoms with van der Waals surface area (Å²) in [5, 5.41) is 6.07. The van der Waals surface area contributed by atoms with Crippen LogP contribution in [0.3, 0.4) is 0 Å². The van der Waals surface area contributed by atoms with Crippen LogP contribution in [0.4, 0.5) is 4.79 Å². The molecule has 1 aromatic carbocycles. The van der Waals surface area contributed by atoms with Crippen molar-refractivity contribution in [2.45, 2.75) is 19.1 Å². The third kappa shape index (κ3) is 2.65. The van der Waals surface area contributed by atoms with Crippen LogP contribution in [0.2, 0.25) is 0 Å². The van der Waals surface area contributed by atoms with Crippen molar-refractivity contribution in [2.24, 2.45) is 0 Å². The van der Waals surface area contributed by atoms with E-state index < -0.39 is 0 Å². The minimum Gasteiger partial charge on any atom is -0.445 e. The number of benzene rings is 1. The van der Waals surface area contributed by atoms with Crippen molar-refractivity contribution in [3.8, 4) is 0 Å². The number of alkyl carbamates (subject to hydrolysis) is 1. The number of rotatable bonds is 3. The van der Waals surface area contributed by atoms with Crippen molar-refractivity contribution in [3.63, 3.8) is 0 Å². The average Bonchev–Trinajstić information content (AvgIpc) is 3.03. The topological polar surface area (TPSA) is 53.6 Å². The highest BCUT2D eigenvalue weighted by Gasteiger charge is 2.31. The Kier molecular flexibility index (Phi) is 3.27. The van der Waals surface area contributed by atoms with Gasteiger partial charge in [0.25, 0.3) is 0 Å². The molecule has 0 aromatic heterocycles. The van der Waals surface area contributed by atoms with Gasteiger partial charge < -0.3 is 20.3 Å². The normalized spacial score (nSPS) is 20.5. The van der Waals surface area contributed by atoms with Gasteiger partial charge in [-0.3, -0.25) is 0 Å². The number of nitrogens with zero attached hydrogens (tertiary/aromatic N) is 1. The van der Waals surface area contributed by atoms with Crippen LogP contribution in [0.5, 0.6) is 0 Å². The predicted octanol–water partition coefficient (Wildman–Crippen LogP) is 1.39. The van der Waals surface area contributed by atoms with Crippen LogP contribution in [0.1, 0.15) is 12.0 Å². The van der Waals surface area contributed by atoms with Gasteiger partial charge in [0, 0.05) is 12.7 Å². The molecule has 1 amide bonds. The Hall–Kier alpha value is -2.17. The lowest BCUT2D eigenvalue weighted by atomic mass is 10.2. The van der Waals surface area contributed by atoms with Gasteiger partial charge in [-0.1, -0.05) is 30.3 Å². The molecule has 0 spiro atoms. The lowest BCUT2D eigenvalue weighted by Gasteiger charge is -2.15. The molecule has 1 fully saturated rings. The molecule has 19 heavy (non-hydrogen) atoms. The summed E-state index contributed by atoms with van der Waals surface area (Å²) in [6.07, 6.45) is 2.55. The van der Waals surface area contributed by atoms with E-state index in [1.54, 1.807) is 0 Å². The third-order valence-electron chi connectivity index (χ3n) is 3.45. The molecule has 2 aliphatic heterocycles. The monoisotopic (exact) mass is 259 g/mol. The Labute approximate surface area is 112 Å². The summed E-state index contributed by atoms with van der Waals surface area (Å²) >= 11 is 0. The fourth-order valence-corrected chi connectivity index (χ4v) is 2.46. The summed E-state index contributed by atoms with van der Waals surface area (Å²) in [7, 11) is 0. The van der Waals surface area contributed by atoms with Gasteiger partial charge in [0.2, 0.25) is 0 Å². The third-order valence-corrected chi connectivity index (χ3v) is 3.45. The Morgan fingerprint density at radius 2 is 2.26 bits per heavy atom. The summed E-state index contributed by atoms with van der Waals surface area (Å²) < 4.78 is 5.22. The van der Waals surface area contributed by atoms with Gasteiger partial charge in [0.1, 0.15) is 6.61 Å². The van der Waals surface area contributed by atoms with Crippen molar-refractivity contribution in [1.29, 1.82) is 0 Å². The van der Waals surface area contributed by atoms with Gasteiger partial charge in [-0.2, -0.15) is 0 Å². The zero-order chi connectivity index (χ0) is 13.1. The van der Waals surface area contributed by atoms with Crippen LogP contribution in [-0.4, -0.2) is 30.2 Å². The zero-order valence-corrected chi connectivity index (χ0v) is 10.6. The number of hydrogen-bond donors (Lipinski definition) is 2. The van der Waals surface area contributed by atoms with E-state index in [9.17, 15) is 4.79 Å². The Balaban J connectivity index is 1.49. The molecule has 1 atom stereocenters. The molecule has 5 heteroatoms. The molecule has 0 radical (unpaired) electrons. The van der Waals surface area contributed by atoms with Crippen LogP contribution < -0.4 is 10.6 Å². The molecule has 2 heterocycles. The quantitative estimate of drug-likeness (QED) is 0.861. The predicted molar refractivity (Wildman–Crippen MR) is 71.0 cm³/mol. The number of hydrogen-bond acceptors (Lipinski definition) is 4. The highest BCUT2D eigenvalue weighted by Crippen LogP contribution is 2.23. The molecule has 1 saturated heterocycles. The van der Waals surface area contributed by atoms with Gasteiger partial charge in [0.15, 0.2) is 0 Å². The maximum Gasteiger partial charge on any atom is 0.408 e. The van der Waals surface area contributed by atoms with E-state index in [-0.39, 0.29) is 12.1 Å². The van der Waals surface area contributed by atoms with E-state index in [0.29, 0.717) is 6.61 Å². The highest BCUT2D eigenvalue weighted by molar-refractivity contribution is 5.68. The van der Waals surface area contributed by atoms with Crippen LogP contribution in [0.25, 0.3) is 0 Å². The first kappa shape index (κ1) is 11.9. The lowest BCUT2D eigenvalue weighted by molar-refractivity contribution is 0.137. The highest BCUT2D eigenvalue weighted by atomic mass is 16.5. The second-order valence-corrected chi connectivity index (χ2v) is 4.74. The van der Waals surface area contributed by atoms with Crippen molar-refractivity contribution >= 4 is 6.09 Å². The van der Waals surface area contributed by atoms with E-state index in [1.165, 1.54) is 0 Å². The first-order valence-electron chi connectivity index (χ1n) is 6.48. The second-order valence-electron chi connectivity index (χ2n) is 4.74. The first-order valence-corrected chi connectivity index (χ1v) is 6.48. The van der Waals surface area contributed by atoms with Crippen LogP contribution in [0.15, 0.2) is 42.2 Å². The van der Waals surface area contributed by atoms with E-state index in [4.69, 9.17) is 4.74 Å². The average molecular weight is 259 g/mol. The molecule has 5 nitrogen and oxygen atoms in total. The summed E-state index contributed by atoms with van der Waals surface area (Å²) in [5.74, 6) is 0. The van der Waals surface area contributed by atoms with E-state index in [0.717, 1.165) is 30.9 Å². The Bertz CT molecular complexity index is 487. The molecule has 2 aliphatic rings. The molecule has 1 aromatic rings. The summed E-state index contributed by atoms with van der Waals surface area (Å²) in [6, 6.07) is 9.75. The number of fused-ring (bicyclic) bond motifs is 1. The first-order chi connectivity index (χ1) is 9.33. The molecule has 0 saturated carbocycles. The largest absolute Gasteiger partial charge is 0.445 e. The number of carbonyl (C=O) groups is 1. The minimum absolute atomic E-state index is 0.0678. The molecule has 0 bridgehead atoms. The standard InChI is InChI=1S/C14H17N3O2/c18-14(19-9-11-4-2-1-3-5-11)16-12-6-7-17-10-15-8-13(12)17/h1-5,8,12,15H,6-7,9-10H2,(H,16,18). The van der Waals surface area contributed by atoms with Crippen molar-refractivity contribution in [3.05, 3.63) is 47.8 Å². The van der Waals surface area contributed by atoms with Gasteiger partial charge in [-0.25, -0.2) is 4.79 Å². The summed E-state index contributed by atoms with van der Waals surface area (Å²) in [4.78, 5) is 14.0. The molecular weight excluding hydrogens is 242 g/mol. The van der Waals surface area contributed by atoms with Crippen LogP contribution in [0, 0.1) is 0 Å². The number of carbonyl (C=O) groups excluding carboxylic acids is 1. The minimum atomic E-state index is -0.358. The van der Waals surface area contributed by atoms with Crippen molar-refractivity contribution < 1.29 is 9.53 Å². The second kappa shape index (κ2) is 5.22. The number of ether oxygens (including phenoxy) is 1. The molecule has 1 unspecified atom stereocenters. The summed E-state index contributed by atoms with van der Waals surface area (Å²) in [6.45, 7) is 2.12. The van der Waals surface area contributed by atoms with Gasteiger partial charge in [0.05, 0.1) is 18.4 Å². The molecule has 100 valence electrons. The molecule has 2 N–H and O–H groups in total. The Morgan fingerprint density at radius 3 is 3.11 bits per heavy atom. The molecule has 3 rings (SSSR count). The van der Waals surface area contributed by atoms with Crippen LogP contribution >= 0.6 is 0 Å².